The summed E-state index contributed by atoms with van der Waals surface area (Å²) < 4.78 is 23.4. The first kappa shape index (κ1) is 10.7. The maximum atomic E-state index is 13.4. The zero-order valence-corrected chi connectivity index (χ0v) is 8.16. The van der Waals surface area contributed by atoms with Crippen molar-refractivity contribution in [3.63, 3.8) is 0 Å². The van der Waals surface area contributed by atoms with E-state index in [2.05, 4.69) is 4.98 Å². The molecule has 14 heavy (non-hydrogen) atoms. The first-order valence-corrected chi connectivity index (χ1v) is 4.14. The van der Waals surface area contributed by atoms with Crippen LogP contribution >= 0.6 is 0 Å². The molecule has 0 saturated heterocycles. The van der Waals surface area contributed by atoms with Crippen molar-refractivity contribution in [3.05, 3.63) is 18.0 Å². The minimum atomic E-state index is -1.30. The van der Waals surface area contributed by atoms with E-state index in [1.807, 2.05) is 0 Å². The Morgan fingerprint density at radius 1 is 1.36 bits per heavy atom. The van der Waals surface area contributed by atoms with Gasteiger partial charge in [0, 0.05) is 6.54 Å². The third kappa shape index (κ3) is 1.93. The highest BCUT2D eigenvalue weighted by atomic mass is 19.1. The Morgan fingerprint density at radius 3 is 2.21 bits per heavy atom. The van der Waals surface area contributed by atoms with Crippen LogP contribution in [-0.2, 0) is 0 Å². The molecule has 0 radical (unpaired) electrons. The van der Waals surface area contributed by atoms with Crippen molar-refractivity contribution in [2.45, 2.75) is 6.17 Å². The van der Waals surface area contributed by atoms with Gasteiger partial charge in [0.05, 0.1) is 32.2 Å². The second-order valence-electron chi connectivity index (χ2n) is 2.66. The molecule has 1 aromatic heterocycles. The van der Waals surface area contributed by atoms with E-state index in [1.165, 1.54) is 26.6 Å². The average Bonchev–Trinajstić information content (AvgIpc) is 2.26. The number of halogens is 1. The molecular weight excluding hydrogens is 187 g/mol. The van der Waals surface area contributed by atoms with Crippen LogP contribution in [0, 0.1) is 0 Å². The zero-order valence-electron chi connectivity index (χ0n) is 8.16. The number of nitrogens with zero attached hydrogens (tertiary/aromatic N) is 1. The third-order valence-electron chi connectivity index (χ3n) is 1.87. The molecule has 0 fully saturated rings. The number of pyridine rings is 1. The van der Waals surface area contributed by atoms with E-state index in [4.69, 9.17) is 15.2 Å². The summed E-state index contributed by atoms with van der Waals surface area (Å²) in [6.45, 7) is -0.114. The first-order valence-electron chi connectivity index (χ1n) is 4.14. The lowest BCUT2D eigenvalue weighted by atomic mass is 10.1. The lowest BCUT2D eigenvalue weighted by Gasteiger charge is -2.14. The Kier molecular flexibility index (Phi) is 3.64. The van der Waals surface area contributed by atoms with Gasteiger partial charge in [0.2, 0.25) is 0 Å². The van der Waals surface area contributed by atoms with Crippen LogP contribution in [0.15, 0.2) is 12.4 Å². The Hall–Kier alpha value is -1.36. The van der Waals surface area contributed by atoms with Crippen molar-refractivity contribution < 1.29 is 13.9 Å². The molecule has 78 valence electrons. The zero-order chi connectivity index (χ0) is 10.6. The maximum Gasteiger partial charge on any atom is 0.147 e. The Balaban J connectivity index is 3.18. The molecule has 0 aliphatic rings. The second kappa shape index (κ2) is 4.76. The molecule has 1 heterocycles. The fraction of sp³-hybridized carbons (Fsp3) is 0.444. The Labute approximate surface area is 81.8 Å². The van der Waals surface area contributed by atoms with E-state index in [0.29, 0.717) is 17.1 Å². The van der Waals surface area contributed by atoms with Crippen molar-refractivity contribution in [2.75, 3.05) is 20.8 Å². The van der Waals surface area contributed by atoms with Crippen LogP contribution in [0.3, 0.4) is 0 Å². The highest BCUT2D eigenvalue weighted by Crippen LogP contribution is 2.34. The molecule has 1 aromatic rings. The summed E-state index contributed by atoms with van der Waals surface area (Å²) in [6, 6.07) is 0. The molecule has 0 spiro atoms. The van der Waals surface area contributed by atoms with Crippen molar-refractivity contribution in [2.24, 2.45) is 5.73 Å². The van der Waals surface area contributed by atoms with Gasteiger partial charge in [0.15, 0.2) is 0 Å². The third-order valence-corrected chi connectivity index (χ3v) is 1.87. The lowest BCUT2D eigenvalue weighted by molar-refractivity contribution is 0.310. The number of hydrogen-bond acceptors (Lipinski definition) is 4. The van der Waals surface area contributed by atoms with Gasteiger partial charge < -0.3 is 15.2 Å². The van der Waals surface area contributed by atoms with Crippen LogP contribution in [0.4, 0.5) is 4.39 Å². The molecule has 1 rings (SSSR count). The van der Waals surface area contributed by atoms with Crippen molar-refractivity contribution in [1.29, 1.82) is 0 Å². The van der Waals surface area contributed by atoms with Crippen LogP contribution in [0.1, 0.15) is 11.7 Å². The predicted molar refractivity (Wildman–Crippen MR) is 50.2 cm³/mol. The van der Waals surface area contributed by atoms with Crippen LogP contribution in [-0.4, -0.2) is 25.7 Å². The van der Waals surface area contributed by atoms with Gasteiger partial charge in [-0.25, -0.2) is 4.39 Å². The molecule has 4 nitrogen and oxygen atoms in total. The van der Waals surface area contributed by atoms with Gasteiger partial charge >= 0.3 is 0 Å². The highest BCUT2D eigenvalue weighted by Gasteiger charge is 2.19. The van der Waals surface area contributed by atoms with Gasteiger partial charge in [0.25, 0.3) is 0 Å². The number of aromatic nitrogens is 1. The van der Waals surface area contributed by atoms with Gasteiger partial charge in [-0.05, 0) is 0 Å². The van der Waals surface area contributed by atoms with Crippen LogP contribution in [0.25, 0.3) is 0 Å². The number of methoxy groups -OCH3 is 2. The highest BCUT2D eigenvalue weighted by molar-refractivity contribution is 5.43. The molecular formula is C9H13FN2O2. The van der Waals surface area contributed by atoms with E-state index in [9.17, 15) is 4.39 Å². The topological polar surface area (TPSA) is 57.4 Å². The Bertz CT molecular complexity index is 285. The SMILES string of the molecule is COc1cncc(OC)c1C(F)CN. The quantitative estimate of drug-likeness (QED) is 0.789. The summed E-state index contributed by atoms with van der Waals surface area (Å²) in [4.78, 5) is 3.85. The molecule has 2 N–H and O–H groups in total. The smallest absolute Gasteiger partial charge is 0.147 e. The largest absolute Gasteiger partial charge is 0.495 e. The fourth-order valence-corrected chi connectivity index (χ4v) is 1.19. The van der Waals surface area contributed by atoms with E-state index < -0.39 is 6.17 Å². The number of alkyl halides is 1. The number of ether oxygens (including phenoxy) is 2. The minimum absolute atomic E-state index is 0.114. The Morgan fingerprint density at radius 2 is 1.86 bits per heavy atom. The van der Waals surface area contributed by atoms with E-state index >= 15 is 0 Å². The first-order chi connectivity index (χ1) is 6.74. The van der Waals surface area contributed by atoms with Crippen LogP contribution in [0.5, 0.6) is 11.5 Å². The van der Waals surface area contributed by atoms with Gasteiger partial charge in [-0.15, -0.1) is 0 Å². The van der Waals surface area contributed by atoms with Crippen molar-refractivity contribution in [1.82, 2.24) is 4.98 Å². The number of nitrogens with two attached hydrogens (primary N) is 1. The summed E-state index contributed by atoms with van der Waals surface area (Å²) in [7, 11) is 2.90. The molecule has 0 bridgehead atoms. The van der Waals surface area contributed by atoms with Gasteiger partial charge in [-0.3, -0.25) is 4.98 Å². The number of rotatable bonds is 4. The van der Waals surface area contributed by atoms with Crippen molar-refractivity contribution >= 4 is 0 Å². The molecule has 1 unspecified atom stereocenters. The second-order valence-corrected chi connectivity index (χ2v) is 2.66. The molecule has 5 heteroatoms. The average molecular weight is 200 g/mol. The van der Waals surface area contributed by atoms with E-state index in [1.54, 1.807) is 0 Å². The van der Waals surface area contributed by atoms with Crippen LogP contribution < -0.4 is 15.2 Å². The molecule has 0 amide bonds. The standard InChI is InChI=1S/C9H13FN2O2/c1-13-7-4-12-5-8(14-2)9(7)6(10)3-11/h4-6H,3,11H2,1-2H3. The molecule has 1 atom stereocenters. The predicted octanol–water partition coefficient (Wildman–Crippen LogP) is 1.07. The van der Waals surface area contributed by atoms with Crippen LogP contribution in [0.2, 0.25) is 0 Å². The van der Waals surface area contributed by atoms with E-state index in [-0.39, 0.29) is 6.54 Å². The normalized spacial score (nSPS) is 12.3. The monoisotopic (exact) mass is 200 g/mol. The summed E-state index contributed by atoms with van der Waals surface area (Å²) >= 11 is 0. The molecule has 0 saturated carbocycles. The molecule has 0 aliphatic heterocycles. The summed E-state index contributed by atoms with van der Waals surface area (Å²) in [6.07, 6.45) is 1.56. The maximum absolute atomic E-state index is 13.4. The van der Waals surface area contributed by atoms with Crippen molar-refractivity contribution in [3.8, 4) is 11.5 Å². The fourth-order valence-electron chi connectivity index (χ4n) is 1.19. The van der Waals surface area contributed by atoms with Gasteiger partial charge in [-0.1, -0.05) is 0 Å². The van der Waals surface area contributed by atoms with Gasteiger partial charge in [-0.2, -0.15) is 0 Å². The van der Waals surface area contributed by atoms with E-state index in [0.717, 1.165) is 0 Å². The summed E-state index contributed by atoms with van der Waals surface area (Å²) in [5, 5.41) is 0. The molecule has 0 aromatic carbocycles. The number of hydrogen-bond donors (Lipinski definition) is 1. The lowest BCUT2D eigenvalue weighted by Crippen LogP contribution is -2.10. The summed E-state index contributed by atoms with van der Waals surface area (Å²) in [5.74, 6) is 0.699. The summed E-state index contributed by atoms with van der Waals surface area (Å²) in [5.41, 5.74) is 5.56. The molecule has 0 aliphatic carbocycles. The van der Waals surface area contributed by atoms with Gasteiger partial charge in [0.1, 0.15) is 17.7 Å². The minimum Gasteiger partial charge on any atom is -0.495 e.